The van der Waals surface area contributed by atoms with E-state index in [0.29, 0.717) is 25.9 Å². The number of carbonyl (C=O) groups is 2. The Labute approximate surface area is 105 Å². The van der Waals surface area contributed by atoms with Gasteiger partial charge in [-0.2, -0.15) is 5.26 Å². The maximum Gasteiger partial charge on any atom is 0.263 e. The second kappa shape index (κ2) is 9.63. The predicted molar refractivity (Wildman–Crippen MR) is 63.9 cm³/mol. The lowest BCUT2D eigenvalue weighted by atomic mass is 10.3. The molecular weight excluding hydrogens is 244 g/mol. The van der Waals surface area contributed by atoms with Gasteiger partial charge in [0, 0.05) is 25.2 Å². The zero-order chi connectivity index (χ0) is 13.1. The molecule has 0 aromatic rings. The molecule has 0 aromatic carbocycles. The Hall–Kier alpha value is -1.58. The summed E-state index contributed by atoms with van der Waals surface area (Å²) in [6, 6.07) is 1.73. The predicted octanol–water partition coefficient (Wildman–Crippen LogP) is -0.444. The van der Waals surface area contributed by atoms with Crippen LogP contribution in [0, 0.1) is 11.3 Å². The molecule has 3 N–H and O–H groups in total. The van der Waals surface area contributed by atoms with Gasteiger partial charge < -0.3 is 16.0 Å². The second-order valence-electron chi connectivity index (χ2n) is 3.08. The van der Waals surface area contributed by atoms with Crippen LogP contribution in [0.4, 0.5) is 0 Å². The molecular formula is C10H15ClN4O2. The van der Waals surface area contributed by atoms with Gasteiger partial charge in [-0.15, -0.1) is 11.6 Å². The van der Waals surface area contributed by atoms with E-state index in [0.717, 1.165) is 0 Å². The van der Waals surface area contributed by atoms with E-state index in [9.17, 15) is 9.59 Å². The van der Waals surface area contributed by atoms with Gasteiger partial charge in [-0.25, -0.2) is 0 Å². The summed E-state index contributed by atoms with van der Waals surface area (Å²) in [7, 11) is 0. The molecule has 0 fully saturated rings. The van der Waals surface area contributed by atoms with Crippen LogP contribution in [-0.4, -0.2) is 42.7 Å². The number of nitrogens with one attached hydrogen (secondary N) is 1. The van der Waals surface area contributed by atoms with Crippen molar-refractivity contribution in [2.24, 2.45) is 5.73 Å². The van der Waals surface area contributed by atoms with Crippen LogP contribution in [0.2, 0.25) is 0 Å². The molecule has 94 valence electrons. The minimum Gasteiger partial charge on any atom is -0.350 e. The van der Waals surface area contributed by atoms with E-state index in [1.165, 1.54) is 11.1 Å². The molecule has 0 aliphatic heterocycles. The van der Waals surface area contributed by atoms with Gasteiger partial charge in [0.15, 0.2) is 0 Å². The van der Waals surface area contributed by atoms with Crippen molar-refractivity contribution >= 4 is 23.9 Å². The summed E-state index contributed by atoms with van der Waals surface area (Å²) >= 11 is 5.40. The molecule has 0 radical (unpaired) electrons. The first-order valence-electron chi connectivity index (χ1n) is 5.06. The van der Waals surface area contributed by atoms with E-state index in [1.807, 2.05) is 0 Å². The number of carbonyl (C=O) groups excluding carboxylic acids is 2. The highest BCUT2D eigenvalue weighted by Gasteiger charge is 2.09. The molecule has 0 bridgehead atoms. The van der Waals surface area contributed by atoms with E-state index in [-0.39, 0.29) is 18.0 Å². The number of nitrogens with two attached hydrogens (primary N) is 1. The average Bonchev–Trinajstić information content (AvgIpc) is 2.36. The molecule has 0 saturated carbocycles. The Morgan fingerprint density at radius 1 is 1.59 bits per heavy atom. The Balaban J connectivity index is 4.54. The lowest BCUT2D eigenvalue weighted by Gasteiger charge is -2.11. The number of nitriles is 1. The molecule has 0 saturated heterocycles. The van der Waals surface area contributed by atoms with Crippen molar-refractivity contribution in [3.63, 3.8) is 0 Å². The molecule has 0 heterocycles. The summed E-state index contributed by atoms with van der Waals surface area (Å²) in [6.07, 6.45) is 2.34. The third-order valence-corrected chi connectivity index (χ3v) is 1.98. The minimum atomic E-state index is -0.548. The smallest absolute Gasteiger partial charge is 0.263 e. The average molecular weight is 259 g/mol. The Morgan fingerprint density at radius 2 is 2.29 bits per heavy atom. The third-order valence-electron chi connectivity index (χ3n) is 1.80. The van der Waals surface area contributed by atoms with Gasteiger partial charge in [0.2, 0.25) is 6.41 Å². The normalized spacial score (nSPS) is 10.5. The standard InChI is InChI=1S/C10H15ClN4O2/c11-2-4-14-10(17)9(6-13)7-15(8-16)5-1-3-12/h7-8H,1-5,12H2,(H,14,17)/b9-7-. The Morgan fingerprint density at radius 3 is 2.76 bits per heavy atom. The molecule has 0 aliphatic rings. The van der Waals surface area contributed by atoms with Gasteiger partial charge in [-0.1, -0.05) is 0 Å². The summed E-state index contributed by atoms with van der Waals surface area (Å²) in [6.45, 7) is 1.07. The topological polar surface area (TPSA) is 99.2 Å². The quantitative estimate of drug-likeness (QED) is 0.267. The largest absolute Gasteiger partial charge is 0.350 e. The first-order valence-corrected chi connectivity index (χ1v) is 5.60. The molecule has 2 amide bonds. The van der Waals surface area contributed by atoms with Gasteiger partial charge in [-0.3, -0.25) is 9.59 Å². The molecule has 0 rings (SSSR count). The van der Waals surface area contributed by atoms with Crippen molar-refractivity contribution < 1.29 is 9.59 Å². The zero-order valence-corrected chi connectivity index (χ0v) is 10.1. The van der Waals surface area contributed by atoms with Crippen LogP contribution in [0.15, 0.2) is 11.8 Å². The van der Waals surface area contributed by atoms with Crippen LogP contribution in [0.1, 0.15) is 6.42 Å². The maximum atomic E-state index is 11.4. The number of hydrogen-bond acceptors (Lipinski definition) is 4. The van der Waals surface area contributed by atoms with Crippen LogP contribution in [0.25, 0.3) is 0 Å². The number of alkyl halides is 1. The third kappa shape index (κ3) is 6.56. The first kappa shape index (κ1) is 15.4. The Kier molecular flexibility index (Phi) is 8.74. The van der Waals surface area contributed by atoms with E-state index < -0.39 is 5.91 Å². The second-order valence-corrected chi connectivity index (χ2v) is 3.46. The van der Waals surface area contributed by atoms with Crippen molar-refractivity contribution in [2.45, 2.75) is 6.42 Å². The molecule has 0 atom stereocenters. The molecule has 6 nitrogen and oxygen atoms in total. The van der Waals surface area contributed by atoms with Gasteiger partial charge in [-0.05, 0) is 13.0 Å². The van der Waals surface area contributed by atoms with Gasteiger partial charge >= 0.3 is 0 Å². The molecule has 17 heavy (non-hydrogen) atoms. The summed E-state index contributed by atoms with van der Waals surface area (Å²) in [5.41, 5.74) is 5.16. The molecule has 0 unspecified atom stereocenters. The van der Waals surface area contributed by atoms with E-state index in [1.54, 1.807) is 6.07 Å². The van der Waals surface area contributed by atoms with E-state index in [2.05, 4.69) is 5.32 Å². The van der Waals surface area contributed by atoms with Crippen molar-refractivity contribution in [1.82, 2.24) is 10.2 Å². The number of rotatable bonds is 8. The maximum absolute atomic E-state index is 11.4. The Bertz CT molecular complexity index is 325. The van der Waals surface area contributed by atoms with Crippen LogP contribution in [-0.2, 0) is 9.59 Å². The highest BCUT2D eigenvalue weighted by molar-refractivity contribution is 6.18. The first-order chi connectivity index (χ1) is 8.19. The lowest BCUT2D eigenvalue weighted by molar-refractivity contribution is -0.117. The summed E-state index contributed by atoms with van der Waals surface area (Å²) in [5, 5.41) is 11.2. The van der Waals surface area contributed by atoms with Crippen molar-refractivity contribution in [2.75, 3.05) is 25.5 Å². The lowest BCUT2D eigenvalue weighted by Crippen LogP contribution is -2.28. The SMILES string of the molecule is N#C/C(=C/N(C=O)CCCN)C(=O)NCCCl. The molecule has 0 aliphatic carbocycles. The van der Waals surface area contributed by atoms with Gasteiger partial charge in [0.05, 0.1) is 0 Å². The van der Waals surface area contributed by atoms with Crippen LogP contribution in [0.3, 0.4) is 0 Å². The van der Waals surface area contributed by atoms with Crippen LogP contribution in [0.5, 0.6) is 0 Å². The van der Waals surface area contributed by atoms with E-state index in [4.69, 9.17) is 22.6 Å². The van der Waals surface area contributed by atoms with E-state index >= 15 is 0 Å². The number of halogens is 1. The molecule has 7 heteroatoms. The highest BCUT2D eigenvalue weighted by Crippen LogP contribution is 1.97. The highest BCUT2D eigenvalue weighted by atomic mass is 35.5. The van der Waals surface area contributed by atoms with Crippen LogP contribution < -0.4 is 11.1 Å². The fourth-order valence-corrected chi connectivity index (χ4v) is 1.08. The summed E-state index contributed by atoms with van der Waals surface area (Å²) in [4.78, 5) is 23.3. The zero-order valence-electron chi connectivity index (χ0n) is 9.36. The number of amides is 2. The summed E-state index contributed by atoms with van der Waals surface area (Å²) < 4.78 is 0. The summed E-state index contributed by atoms with van der Waals surface area (Å²) in [5.74, 6) is -0.289. The van der Waals surface area contributed by atoms with Gasteiger partial charge in [0.1, 0.15) is 11.6 Å². The van der Waals surface area contributed by atoms with Gasteiger partial charge in [0.25, 0.3) is 5.91 Å². The molecule has 0 spiro atoms. The van der Waals surface area contributed by atoms with Crippen molar-refractivity contribution in [3.05, 3.63) is 11.8 Å². The molecule has 0 aromatic heterocycles. The van der Waals surface area contributed by atoms with Crippen molar-refractivity contribution in [3.8, 4) is 6.07 Å². The van der Waals surface area contributed by atoms with Crippen LogP contribution >= 0.6 is 11.6 Å². The van der Waals surface area contributed by atoms with Crippen molar-refractivity contribution in [1.29, 1.82) is 5.26 Å². The minimum absolute atomic E-state index is 0.140. The fourth-order valence-electron chi connectivity index (χ4n) is 0.982. The number of hydrogen-bond donors (Lipinski definition) is 2. The number of nitrogens with zero attached hydrogens (tertiary/aromatic N) is 2. The monoisotopic (exact) mass is 258 g/mol. The fraction of sp³-hybridized carbons (Fsp3) is 0.500.